The molecule has 1 saturated carbocycles. The lowest BCUT2D eigenvalue weighted by Gasteiger charge is -2.27. The van der Waals surface area contributed by atoms with Gasteiger partial charge in [0, 0.05) is 24.0 Å². The molecular weight excluding hydrogens is 432 g/mol. The SMILES string of the molecule is CC=C(C#C[C@H]1CC[C@@H](CC(C)C)CC1)C(CCCOCc1ccccc1)CC(=O)OC(C)(C)C. The molecule has 3 heteroatoms. The zero-order valence-electron chi connectivity index (χ0n) is 23.1. The molecule has 1 aromatic rings. The van der Waals surface area contributed by atoms with Gasteiger partial charge in [0.15, 0.2) is 0 Å². The maximum absolute atomic E-state index is 12.7. The minimum Gasteiger partial charge on any atom is -0.460 e. The number of hydrogen-bond donors (Lipinski definition) is 0. The van der Waals surface area contributed by atoms with Crippen LogP contribution in [0.15, 0.2) is 42.0 Å². The summed E-state index contributed by atoms with van der Waals surface area (Å²) < 4.78 is 11.5. The highest BCUT2D eigenvalue weighted by Gasteiger charge is 2.23. The van der Waals surface area contributed by atoms with Gasteiger partial charge in [0.1, 0.15) is 5.60 Å². The summed E-state index contributed by atoms with van der Waals surface area (Å²) in [7, 11) is 0. The van der Waals surface area contributed by atoms with Crippen LogP contribution in [0.25, 0.3) is 0 Å². The molecule has 1 unspecified atom stereocenters. The number of benzene rings is 1. The summed E-state index contributed by atoms with van der Waals surface area (Å²) in [4.78, 5) is 12.7. The molecule has 0 N–H and O–H groups in total. The van der Waals surface area contributed by atoms with E-state index in [2.05, 4.69) is 43.9 Å². The van der Waals surface area contributed by atoms with Crippen LogP contribution in [0.4, 0.5) is 0 Å². The molecule has 0 saturated heterocycles. The fraction of sp³-hybridized carbons (Fsp3) is 0.656. The molecular formula is C32H48O3. The Hall–Kier alpha value is -2.05. The van der Waals surface area contributed by atoms with E-state index in [0.29, 0.717) is 25.6 Å². The molecule has 35 heavy (non-hydrogen) atoms. The fourth-order valence-electron chi connectivity index (χ4n) is 4.95. The summed E-state index contributed by atoms with van der Waals surface area (Å²) >= 11 is 0. The number of ether oxygens (including phenoxy) is 2. The van der Waals surface area contributed by atoms with Crippen LogP contribution in [-0.4, -0.2) is 18.2 Å². The number of hydrogen-bond acceptors (Lipinski definition) is 3. The van der Waals surface area contributed by atoms with Gasteiger partial charge in [-0.3, -0.25) is 4.79 Å². The van der Waals surface area contributed by atoms with Gasteiger partial charge in [-0.2, -0.15) is 0 Å². The van der Waals surface area contributed by atoms with Gasteiger partial charge in [0.05, 0.1) is 13.0 Å². The lowest BCUT2D eigenvalue weighted by atomic mass is 9.78. The van der Waals surface area contributed by atoms with E-state index in [1.807, 2.05) is 45.9 Å². The molecule has 0 heterocycles. The highest BCUT2D eigenvalue weighted by molar-refractivity contribution is 5.71. The van der Waals surface area contributed by atoms with Gasteiger partial charge in [-0.05, 0) is 90.0 Å². The summed E-state index contributed by atoms with van der Waals surface area (Å²) in [5.74, 6) is 9.10. The van der Waals surface area contributed by atoms with Crippen LogP contribution in [0, 0.1) is 35.5 Å². The van der Waals surface area contributed by atoms with E-state index in [0.717, 1.165) is 30.3 Å². The fourth-order valence-corrected chi connectivity index (χ4v) is 4.95. The number of esters is 1. The third-order valence-corrected chi connectivity index (χ3v) is 6.61. The van der Waals surface area contributed by atoms with Crippen molar-refractivity contribution in [3.8, 4) is 11.8 Å². The predicted molar refractivity (Wildman–Crippen MR) is 146 cm³/mol. The summed E-state index contributed by atoms with van der Waals surface area (Å²) in [5, 5.41) is 0. The normalized spacial score (nSPS) is 19.7. The molecule has 1 aliphatic rings. The van der Waals surface area contributed by atoms with E-state index >= 15 is 0 Å². The van der Waals surface area contributed by atoms with Crippen LogP contribution in [0.5, 0.6) is 0 Å². The molecule has 1 fully saturated rings. The maximum atomic E-state index is 12.7. The molecule has 0 amide bonds. The van der Waals surface area contributed by atoms with Crippen molar-refractivity contribution in [2.75, 3.05) is 6.61 Å². The van der Waals surface area contributed by atoms with Gasteiger partial charge >= 0.3 is 5.97 Å². The van der Waals surface area contributed by atoms with Crippen LogP contribution in [0.3, 0.4) is 0 Å². The van der Waals surface area contributed by atoms with E-state index < -0.39 is 5.60 Å². The van der Waals surface area contributed by atoms with Crippen molar-refractivity contribution in [1.82, 2.24) is 0 Å². The summed E-state index contributed by atoms with van der Waals surface area (Å²) in [5.41, 5.74) is 1.78. The van der Waals surface area contributed by atoms with Crippen LogP contribution in [0.1, 0.15) is 98.5 Å². The van der Waals surface area contributed by atoms with E-state index in [-0.39, 0.29) is 11.9 Å². The van der Waals surface area contributed by atoms with Gasteiger partial charge in [0.25, 0.3) is 0 Å². The lowest BCUT2D eigenvalue weighted by Crippen LogP contribution is -2.25. The Morgan fingerprint density at radius 3 is 2.40 bits per heavy atom. The van der Waals surface area contributed by atoms with E-state index in [1.54, 1.807) is 0 Å². The predicted octanol–water partition coefficient (Wildman–Crippen LogP) is 8.13. The van der Waals surface area contributed by atoms with Crippen molar-refractivity contribution in [1.29, 1.82) is 0 Å². The van der Waals surface area contributed by atoms with E-state index in [4.69, 9.17) is 9.47 Å². The van der Waals surface area contributed by atoms with Gasteiger partial charge in [-0.25, -0.2) is 0 Å². The van der Waals surface area contributed by atoms with Crippen LogP contribution < -0.4 is 0 Å². The number of carbonyl (C=O) groups excluding carboxylic acids is 1. The first-order chi connectivity index (χ1) is 16.7. The van der Waals surface area contributed by atoms with Gasteiger partial charge in [0.2, 0.25) is 0 Å². The van der Waals surface area contributed by atoms with Crippen molar-refractivity contribution in [2.24, 2.45) is 23.7 Å². The Labute approximate surface area is 215 Å². The number of carbonyl (C=O) groups is 1. The first-order valence-electron chi connectivity index (χ1n) is 13.7. The molecule has 2 rings (SSSR count). The highest BCUT2D eigenvalue weighted by atomic mass is 16.6. The maximum Gasteiger partial charge on any atom is 0.306 e. The highest BCUT2D eigenvalue weighted by Crippen LogP contribution is 2.32. The molecule has 1 aliphatic carbocycles. The second-order valence-corrected chi connectivity index (χ2v) is 11.5. The minimum absolute atomic E-state index is 0.0694. The summed E-state index contributed by atoms with van der Waals surface area (Å²) in [6, 6.07) is 10.2. The van der Waals surface area contributed by atoms with Crippen LogP contribution in [0.2, 0.25) is 0 Å². The van der Waals surface area contributed by atoms with Crippen LogP contribution in [-0.2, 0) is 20.9 Å². The molecule has 0 aliphatic heterocycles. The van der Waals surface area contributed by atoms with Crippen LogP contribution >= 0.6 is 0 Å². The first-order valence-corrected chi connectivity index (χ1v) is 13.7. The van der Waals surface area contributed by atoms with E-state index in [1.165, 1.54) is 37.7 Å². The summed E-state index contributed by atoms with van der Waals surface area (Å²) in [6.07, 6.45) is 10.5. The van der Waals surface area contributed by atoms with Crippen molar-refractivity contribution in [3.05, 3.63) is 47.5 Å². The molecule has 3 nitrogen and oxygen atoms in total. The molecule has 0 bridgehead atoms. The minimum atomic E-state index is -0.475. The third-order valence-electron chi connectivity index (χ3n) is 6.61. The molecule has 0 aromatic heterocycles. The van der Waals surface area contributed by atoms with Gasteiger partial charge in [-0.15, -0.1) is 0 Å². The smallest absolute Gasteiger partial charge is 0.306 e. The molecule has 194 valence electrons. The Kier molecular flexibility index (Phi) is 12.6. The Bertz CT molecular complexity index is 827. The Balaban J connectivity index is 1.94. The molecule has 1 atom stereocenters. The Morgan fingerprint density at radius 1 is 1.11 bits per heavy atom. The zero-order valence-corrected chi connectivity index (χ0v) is 23.1. The number of rotatable bonds is 11. The molecule has 0 radical (unpaired) electrons. The quantitative estimate of drug-likeness (QED) is 0.182. The monoisotopic (exact) mass is 480 g/mol. The second kappa shape index (κ2) is 15.1. The number of allylic oxidation sites excluding steroid dienone is 2. The lowest BCUT2D eigenvalue weighted by molar-refractivity contribution is -0.155. The average molecular weight is 481 g/mol. The first kappa shape index (κ1) is 29.2. The largest absolute Gasteiger partial charge is 0.460 e. The summed E-state index contributed by atoms with van der Waals surface area (Å²) in [6.45, 7) is 13.7. The standard InChI is InChI=1S/C32H48O3/c1-7-29(20-19-26-15-17-27(18-16-26)22-25(2)3)30(23-31(33)35-32(4,5)6)14-11-21-34-24-28-12-9-8-10-13-28/h7-10,12-13,25-27,30H,11,14-18,21-24H2,1-6H3/t26-,27+,30?. The van der Waals surface area contributed by atoms with Gasteiger partial charge in [-0.1, -0.05) is 62.1 Å². The third kappa shape index (κ3) is 12.5. The molecule has 1 aromatic carbocycles. The average Bonchev–Trinajstić information content (AvgIpc) is 2.79. The van der Waals surface area contributed by atoms with Crippen molar-refractivity contribution >= 4 is 5.97 Å². The van der Waals surface area contributed by atoms with Crippen molar-refractivity contribution in [3.63, 3.8) is 0 Å². The zero-order chi connectivity index (χ0) is 25.7. The van der Waals surface area contributed by atoms with Crippen molar-refractivity contribution in [2.45, 2.75) is 105 Å². The Morgan fingerprint density at radius 2 is 1.80 bits per heavy atom. The van der Waals surface area contributed by atoms with E-state index in [9.17, 15) is 4.79 Å². The van der Waals surface area contributed by atoms with Crippen molar-refractivity contribution < 1.29 is 14.3 Å². The second-order valence-electron chi connectivity index (χ2n) is 11.5. The molecule has 0 spiro atoms. The topological polar surface area (TPSA) is 35.5 Å². The van der Waals surface area contributed by atoms with Gasteiger partial charge < -0.3 is 9.47 Å².